The number of nitrogens with one attached hydrogen (secondary N) is 2. The first kappa shape index (κ1) is 23.4. The molecule has 0 aliphatic heterocycles. The minimum absolute atomic E-state index is 0.00152. The number of halogens is 1. The van der Waals surface area contributed by atoms with Gasteiger partial charge in [0.1, 0.15) is 0 Å². The quantitative estimate of drug-likeness (QED) is 0.674. The molecule has 0 spiro atoms. The minimum Gasteiger partial charge on any atom is -0.335 e. The summed E-state index contributed by atoms with van der Waals surface area (Å²) in [7, 11) is 3.24. The molecule has 0 aliphatic carbocycles. The standard InChI is InChI=1S/C22H27ClN4O3/c1-15-9-11-17(12-10-15)24-20(28)14-27(4)22(30)16(2)26(3)13-21(29)25-19-8-6-5-7-18(19)23/h5-12,16H,13-14H2,1-4H3,(H,24,28)(H,25,29)/t16-/m0/s1. The number of likely N-dealkylation sites (N-methyl/N-ethyl adjacent to an activating group) is 2. The molecule has 0 aliphatic rings. The Morgan fingerprint density at radius 2 is 1.53 bits per heavy atom. The molecular weight excluding hydrogens is 404 g/mol. The fourth-order valence-corrected chi connectivity index (χ4v) is 2.94. The van der Waals surface area contributed by atoms with Crippen molar-refractivity contribution in [3.05, 3.63) is 59.1 Å². The van der Waals surface area contributed by atoms with Gasteiger partial charge in [0.15, 0.2) is 0 Å². The summed E-state index contributed by atoms with van der Waals surface area (Å²) in [6.45, 7) is 3.57. The molecule has 30 heavy (non-hydrogen) atoms. The smallest absolute Gasteiger partial charge is 0.243 e. The Kier molecular flexibility index (Phi) is 8.38. The molecule has 0 saturated carbocycles. The largest absolute Gasteiger partial charge is 0.335 e. The van der Waals surface area contributed by atoms with E-state index in [-0.39, 0.29) is 30.8 Å². The zero-order valence-corrected chi connectivity index (χ0v) is 18.4. The van der Waals surface area contributed by atoms with Crippen LogP contribution in [0.15, 0.2) is 48.5 Å². The maximum atomic E-state index is 12.7. The zero-order valence-electron chi connectivity index (χ0n) is 17.6. The van der Waals surface area contributed by atoms with Gasteiger partial charge in [-0.25, -0.2) is 0 Å². The van der Waals surface area contributed by atoms with Gasteiger partial charge in [0.05, 0.1) is 29.8 Å². The van der Waals surface area contributed by atoms with E-state index in [1.165, 1.54) is 4.90 Å². The molecule has 0 saturated heterocycles. The third kappa shape index (κ3) is 6.86. The van der Waals surface area contributed by atoms with Crippen LogP contribution < -0.4 is 10.6 Å². The van der Waals surface area contributed by atoms with E-state index in [2.05, 4.69) is 10.6 Å². The lowest BCUT2D eigenvalue weighted by molar-refractivity contribution is -0.137. The number of benzene rings is 2. The Labute approximate surface area is 182 Å². The molecule has 2 aromatic carbocycles. The van der Waals surface area contributed by atoms with E-state index in [0.717, 1.165) is 5.56 Å². The lowest BCUT2D eigenvalue weighted by Crippen LogP contribution is -2.48. The molecule has 0 fully saturated rings. The van der Waals surface area contributed by atoms with Gasteiger partial charge in [-0.1, -0.05) is 41.4 Å². The molecule has 8 heteroatoms. The number of para-hydroxylation sites is 1. The Bertz CT molecular complexity index is 902. The highest BCUT2D eigenvalue weighted by Crippen LogP contribution is 2.20. The molecule has 2 rings (SSSR count). The number of aryl methyl sites for hydroxylation is 1. The predicted octanol–water partition coefficient (Wildman–Crippen LogP) is 3.00. The lowest BCUT2D eigenvalue weighted by atomic mass is 10.2. The maximum Gasteiger partial charge on any atom is 0.243 e. The summed E-state index contributed by atoms with van der Waals surface area (Å²) in [5.41, 5.74) is 2.28. The number of nitrogens with zero attached hydrogens (tertiary/aromatic N) is 2. The normalized spacial score (nSPS) is 11.7. The first-order chi connectivity index (χ1) is 14.2. The summed E-state index contributed by atoms with van der Waals surface area (Å²) in [5, 5.41) is 5.93. The number of carbonyl (C=O) groups excluding carboxylic acids is 3. The van der Waals surface area contributed by atoms with E-state index in [4.69, 9.17) is 11.6 Å². The number of anilines is 2. The lowest BCUT2D eigenvalue weighted by Gasteiger charge is -2.27. The Hall–Kier alpha value is -2.90. The molecule has 0 heterocycles. The summed E-state index contributed by atoms with van der Waals surface area (Å²) in [6, 6.07) is 13.8. The van der Waals surface area contributed by atoms with Gasteiger partial charge >= 0.3 is 0 Å². The van der Waals surface area contributed by atoms with Crippen LogP contribution in [0.3, 0.4) is 0 Å². The highest BCUT2D eigenvalue weighted by molar-refractivity contribution is 6.33. The third-order valence-electron chi connectivity index (χ3n) is 4.65. The number of carbonyl (C=O) groups is 3. The van der Waals surface area contributed by atoms with Crippen molar-refractivity contribution in [3.8, 4) is 0 Å². The molecule has 160 valence electrons. The minimum atomic E-state index is -0.584. The van der Waals surface area contributed by atoms with Crippen molar-refractivity contribution in [3.63, 3.8) is 0 Å². The van der Waals surface area contributed by atoms with Crippen molar-refractivity contribution in [1.82, 2.24) is 9.80 Å². The topological polar surface area (TPSA) is 81.8 Å². The zero-order chi connectivity index (χ0) is 22.3. The Morgan fingerprint density at radius 1 is 0.933 bits per heavy atom. The van der Waals surface area contributed by atoms with Crippen molar-refractivity contribution in [1.29, 1.82) is 0 Å². The molecule has 2 aromatic rings. The molecule has 2 N–H and O–H groups in total. The van der Waals surface area contributed by atoms with Crippen molar-refractivity contribution >= 4 is 40.7 Å². The van der Waals surface area contributed by atoms with Crippen molar-refractivity contribution < 1.29 is 14.4 Å². The van der Waals surface area contributed by atoms with Crippen molar-refractivity contribution in [2.24, 2.45) is 0 Å². The number of hydrogen-bond donors (Lipinski definition) is 2. The average Bonchev–Trinajstić information content (AvgIpc) is 2.70. The van der Waals surface area contributed by atoms with Gasteiger partial charge in [-0.2, -0.15) is 0 Å². The van der Waals surface area contributed by atoms with Gasteiger partial charge in [0.2, 0.25) is 17.7 Å². The highest BCUT2D eigenvalue weighted by Gasteiger charge is 2.24. The van der Waals surface area contributed by atoms with Gasteiger partial charge in [-0.3, -0.25) is 19.3 Å². The fraction of sp³-hybridized carbons (Fsp3) is 0.318. The summed E-state index contributed by atoms with van der Waals surface area (Å²) >= 11 is 6.05. The van der Waals surface area contributed by atoms with Gasteiger partial charge in [0.25, 0.3) is 0 Å². The van der Waals surface area contributed by atoms with Crippen LogP contribution in [-0.2, 0) is 14.4 Å². The Morgan fingerprint density at radius 3 is 2.17 bits per heavy atom. The molecule has 0 bridgehead atoms. The second-order valence-corrected chi connectivity index (χ2v) is 7.63. The fourth-order valence-electron chi connectivity index (χ4n) is 2.75. The van der Waals surface area contributed by atoms with Crippen LogP contribution in [0, 0.1) is 6.92 Å². The van der Waals surface area contributed by atoms with Crippen LogP contribution in [0.2, 0.25) is 5.02 Å². The Balaban J connectivity index is 1.85. The van der Waals surface area contributed by atoms with Crippen molar-refractivity contribution in [2.75, 3.05) is 37.8 Å². The SMILES string of the molecule is Cc1ccc(NC(=O)CN(C)C(=O)[C@H](C)N(C)CC(=O)Nc2ccccc2Cl)cc1. The molecule has 0 aromatic heterocycles. The molecule has 1 atom stereocenters. The molecule has 0 radical (unpaired) electrons. The van der Waals surface area contributed by atoms with Gasteiger partial charge < -0.3 is 15.5 Å². The van der Waals surface area contributed by atoms with Gasteiger partial charge in [0, 0.05) is 12.7 Å². The van der Waals surface area contributed by atoms with E-state index in [0.29, 0.717) is 16.4 Å². The van der Waals surface area contributed by atoms with Crippen molar-refractivity contribution in [2.45, 2.75) is 19.9 Å². The summed E-state index contributed by atoms with van der Waals surface area (Å²) < 4.78 is 0. The summed E-state index contributed by atoms with van der Waals surface area (Å²) in [6.07, 6.45) is 0. The predicted molar refractivity (Wildman–Crippen MR) is 120 cm³/mol. The molecule has 7 nitrogen and oxygen atoms in total. The molecular formula is C22H27ClN4O3. The van der Waals surface area contributed by atoms with E-state index >= 15 is 0 Å². The first-order valence-corrected chi connectivity index (χ1v) is 9.91. The monoisotopic (exact) mass is 430 g/mol. The molecule has 3 amide bonds. The second kappa shape index (κ2) is 10.8. The summed E-state index contributed by atoms with van der Waals surface area (Å²) in [4.78, 5) is 40.1. The van der Waals surface area contributed by atoms with Crippen LogP contribution in [0.25, 0.3) is 0 Å². The van der Waals surface area contributed by atoms with Crippen LogP contribution in [0.4, 0.5) is 11.4 Å². The third-order valence-corrected chi connectivity index (χ3v) is 4.98. The van der Waals surface area contributed by atoms with E-state index in [9.17, 15) is 14.4 Å². The van der Waals surface area contributed by atoms with Crippen LogP contribution >= 0.6 is 11.6 Å². The maximum absolute atomic E-state index is 12.7. The number of rotatable bonds is 8. The molecule has 0 unspecified atom stereocenters. The van der Waals surface area contributed by atoms with E-state index in [1.807, 2.05) is 31.2 Å². The summed E-state index contributed by atoms with van der Waals surface area (Å²) in [5.74, 6) is -0.840. The second-order valence-electron chi connectivity index (χ2n) is 7.23. The number of hydrogen-bond acceptors (Lipinski definition) is 4. The van der Waals surface area contributed by atoms with Crippen LogP contribution in [-0.4, -0.2) is 60.7 Å². The first-order valence-electron chi connectivity index (χ1n) is 9.53. The van der Waals surface area contributed by atoms with Crippen LogP contribution in [0.1, 0.15) is 12.5 Å². The number of amides is 3. The van der Waals surface area contributed by atoms with E-state index < -0.39 is 6.04 Å². The van der Waals surface area contributed by atoms with Gasteiger partial charge in [-0.15, -0.1) is 0 Å². The average molecular weight is 431 g/mol. The van der Waals surface area contributed by atoms with Crippen LogP contribution in [0.5, 0.6) is 0 Å². The highest BCUT2D eigenvalue weighted by atomic mass is 35.5. The van der Waals surface area contributed by atoms with E-state index in [1.54, 1.807) is 50.2 Å². The van der Waals surface area contributed by atoms with Gasteiger partial charge in [-0.05, 0) is 45.2 Å².